The molecule has 1 aliphatic heterocycles. The van der Waals surface area contributed by atoms with Crippen LogP contribution in [0, 0.1) is 5.92 Å². The number of aliphatic hydroxyl groups is 1. The van der Waals surface area contributed by atoms with Crippen LogP contribution in [0.25, 0.3) is 0 Å². The molecule has 0 radical (unpaired) electrons. The quantitative estimate of drug-likeness (QED) is 0.661. The van der Waals surface area contributed by atoms with Crippen molar-refractivity contribution in [2.75, 3.05) is 13.2 Å². The van der Waals surface area contributed by atoms with E-state index in [2.05, 4.69) is 0 Å². The van der Waals surface area contributed by atoms with Crippen LogP contribution in [0.3, 0.4) is 0 Å². The Hall–Kier alpha value is -0.0800. The number of ether oxygens (including phenoxy) is 1. The molecule has 1 aliphatic rings. The van der Waals surface area contributed by atoms with Gasteiger partial charge < -0.3 is 9.84 Å². The highest BCUT2D eigenvalue weighted by molar-refractivity contribution is 4.81. The van der Waals surface area contributed by atoms with Crippen molar-refractivity contribution in [1.29, 1.82) is 0 Å². The molecule has 0 saturated carbocycles. The monoisotopic (exact) mass is 158 g/mol. The minimum absolute atomic E-state index is 0.446. The molecule has 66 valence electrons. The fourth-order valence-electron chi connectivity index (χ4n) is 1.61. The normalized spacial score (nSPS) is 26.5. The molecule has 1 atom stereocenters. The van der Waals surface area contributed by atoms with Gasteiger partial charge in [-0.25, -0.2) is 0 Å². The first-order valence-electron chi connectivity index (χ1n) is 4.47. The summed E-state index contributed by atoms with van der Waals surface area (Å²) in [6.07, 6.45) is 2.87. The van der Waals surface area contributed by atoms with Crippen molar-refractivity contribution in [2.24, 2.45) is 5.92 Å². The highest BCUT2D eigenvalue weighted by atomic mass is 16.5. The molecule has 1 unspecified atom stereocenters. The zero-order chi connectivity index (χ0) is 8.32. The average molecular weight is 158 g/mol. The Morgan fingerprint density at radius 1 is 1.45 bits per heavy atom. The van der Waals surface area contributed by atoms with Crippen LogP contribution in [0.2, 0.25) is 0 Å². The summed E-state index contributed by atoms with van der Waals surface area (Å²) >= 11 is 0. The zero-order valence-electron chi connectivity index (χ0n) is 7.47. The van der Waals surface area contributed by atoms with Crippen molar-refractivity contribution in [2.45, 2.75) is 38.7 Å². The summed E-state index contributed by atoms with van der Waals surface area (Å²) in [4.78, 5) is 0. The fraction of sp³-hybridized carbons (Fsp3) is 1.00. The van der Waals surface area contributed by atoms with Gasteiger partial charge in [0, 0.05) is 13.2 Å². The molecule has 1 N–H and O–H groups in total. The second kappa shape index (κ2) is 3.55. The number of hydrogen-bond acceptors (Lipinski definition) is 2. The van der Waals surface area contributed by atoms with E-state index in [0.717, 1.165) is 32.5 Å². The molecule has 0 aromatic rings. The average Bonchev–Trinajstić information content (AvgIpc) is 2.06. The Balaban J connectivity index is 2.43. The lowest BCUT2D eigenvalue weighted by molar-refractivity contribution is -0.0554. The van der Waals surface area contributed by atoms with Crippen LogP contribution in [0.4, 0.5) is 0 Å². The van der Waals surface area contributed by atoms with E-state index in [-0.39, 0.29) is 0 Å². The first-order valence-corrected chi connectivity index (χ1v) is 4.47. The maximum absolute atomic E-state index is 9.89. The maximum Gasteiger partial charge on any atom is 0.0646 e. The van der Waals surface area contributed by atoms with Crippen molar-refractivity contribution in [3.8, 4) is 0 Å². The van der Waals surface area contributed by atoms with E-state index >= 15 is 0 Å². The molecule has 1 saturated heterocycles. The van der Waals surface area contributed by atoms with Gasteiger partial charge in [0.1, 0.15) is 0 Å². The second-order valence-corrected chi connectivity index (χ2v) is 3.60. The molecule has 0 amide bonds. The lowest BCUT2D eigenvalue weighted by atomic mass is 9.82. The van der Waals surface area contributed by atoms with Gasteiger partial charge in [-0.3, -0.25) is 0 Å². The van der Waals surface area contributed by atoms with Gasteiger partial charge in [0.05, 0.1) is 5.60 Å². The van der Waals surface area contributed by atoms with E-state index in [1.807, 2.05) is 13.8 Å². The lowest BCUT2D eigenvalue weighted by Gasteiger charge is -2.34. The predicted octanol–water partition coefficient (Wildman–Crippen LogP) is 1.57. The molecule has 1 heterocycles. The molecular formula is C9H18O2. The van der Waals surface area contributed by atoms with Crippen LogP contribution in [0.15, 0.2) is 0 Å². The van der Waals surface area contributed by atoms with Crippen molar-refractivity contribution in [1.82, 2.24) is 0 Å². The van der Waals surface area contributed by atoms with Gasteiger partial charge >= 0.3 is 0 Å². The molecule has 11 heavy (non-hydrogen) atoms. The standard InChI is InChI=1S/C9H18O2/c1-3-9(2,10)8-4-6-11-7-5-8/h8,10H,3-7H2,1-2H3. The Morgan fingerprint density at radius 3 is 2.45 bits per heavy atom. The molecule has 0 bridgehead atoms. The molecule has 0 spiro atoms. The summed E-state index contributed by atoms with van der Waals surface area (Å²) in [5, 5.41) is 9.89. The fourth-order valence-corrected chi connectivity index (χ4v) is 1.61. The Kier molecular flexibility index (Phi) is 2.90. The first kappa shape index (κ1) is 9.01. The molecule has 2 nitrogen and oxygen atoms in total. The van der Waals surface area contributed by atoms with Crippen LogP contribution in [0.1, 0.15) is 33.1 Å². The van der Waals surface area contributed by atoms with E-state index in [0.29, 0.717) is 5.92 Å². The Labute approximate surface area is 68.6 Å². The molecule has 1 fully saturated rings. The summed E-state index contributed by atoms with van der Waals surface area (Å²) in [6.45, 7) is 5.61. The summed E-state index contributed by atoms with van der Waals surface area (Å²) in [6, 6.07) is 0. The van der Waals surface area contributed by atoms with E-state index in [1.165, 1.54) is 0 Å². The first-order chi connectivity index (χ1) is 5.17. The molecule has 0 aromatic carbocycles. The summed E-state index contributed by atoms with van der Waals surface area (Å²) in [7, 11) is 0. The van der Waals surface area contributed by atoms with E-state index < -0.39 is 5.60 Å². The third kappa shape index (κ3) is 2.17. The van der Waals surface area contributed by atoms with Crippen molar-refractivity contribution < 1.29 is 9.84 Å². The lowest BCUT2D eigenvalue weighted by Crippen LogP contribution is -2.37. The Morgan fingerprint density at radius 2 is 2.00 bits per heavy atom. The van der Waals surface area contributed by atoms with Gasteiger partial charge in [-0.05, 0) is 32.1 Å². The summed E-state index contributed by atoms with van der Waals surface area (Å²) in [5.41, 5.74) is -0.468. The van der Waals surface area contributed by atoms with Gasteiger partial charge in [0.25, 0.3) is 0 Å². The van der Waals surface area contributed by atoms with E-state index in [4.69, 9.17) is 4.74 Å². The van der Waals surface area contributed by atoms with Crippen molar-refractivity contribution in [3.63, 3.8) is 0 Å². The smallest absolute Gasteiger partial charge is 0.0646 e. The van der Waals surface area contributed by atoms with Crippen molar-refractivity contribution in [3.05, 3.63) is 0 Å². The maximum atomic E-state index is 9.89. The number of hydrogen-bond donors (Lipinski definition) is 1. The largest absolute Gasteiger partial charge is 0.390 e. The Bertz CT molecular complexity index is 115. The summed E-state index contributed by atoms with van der Waals surface area (Å²) < 4.78 is 5.23. The van der Waals surface area contributed by atoms with Crippen LogP contribution >= 0.6 is 0 Å². The highest BCUT2D eigenvalue weighted by Crippen LogP contribution is 2.29. The topological polar surface area (TPSA) is 29.5 Å². The summed E-state index contributed by atoms with van der Waals surface area (Å²) in [5.74, 6) is 0.446. The van der Waals surface area contributed by atoms with Gasteiger partial charge in [0.15, 0.2) is 0 Å². The molecule has 0 aliphatic carbocycles. The van der Waals surface area contributed by atoms with Crippen LogP contribution in [-0.2, 0) is 4.74 Å². The van der Waals surface area contributed by atoms with Crippen molar-refractivity contribution >= 4 is 0 Å². The van der Waals surface area contributed by atoms with Gasteiger partial charge in [0.2, 0.25) is 0 Å². The van der Waals surface area contributed by atoms with E-state index in [1.54, 1.807) is 0 Å². The molecule has 2 heteroatoms. The molecule has 0 aromatic heterocycles. The van der Waals surface area contributed by atoms with Crippen LogP contribution in [-0.4, -0.2) is 23.9 Å². The number of rotatable bonds is 2. The third-order valence-electron chi connectivity index (χ3n) is 2.82. The minimum atomic E-state index is -0.468. The third-order valence-corrected chi connectivity index (χ3v) is 2.82. The van der Waals surface area contributed by atoms with Crippen LogP contribution in [0.5, 0.6) is 0 Å². The van der Waals surface area contributed by atoms with E-state index in [9.17, 15) is 5.11 Å². The van der Waals surface area contributed by atoms with Gasteiger partial charge in [-0.1, -0.05) is 6.92 Å². The zero-order valence-corrected chi connectivity index (χ0v) is 7.47. The molecular weight excluding hydrogens is 140 g/mol. The highest BCUT2D eigenvalue weighted by Gasteiger charge is 2.30. The van der Waals surface area contributed by atoms with Crippen LogP contribution < -0.4 is 0 Å². The SMILES string of the molecule is CCC(C)(O)C1CCOCC1. The molecule has 1 rings (SSSR count). The van der Waals surface area contributed by atoms with Gasteiger partial charge in [-0.2, -0.15) is 0 Å². The second-order valence-electron chi connectivity index (χ2n) is 3.60. The minimum Gasteiger partial charge on any atom is -0.390 e. The predicted molar refractivity (Wildman–Crippen MR) is 44.5 cm³/mol. The van der Waals surface area contributed by atoms with Gasteiger partial charge in [-0.15, -0.1) is 0 Å².